The summed E-state index contributed by atoms with van der Waals surface area (Å²) in [5.74, 6) is -0.0343. The van der Waals surface area contributed by atoms with Crippen LogP contribution in [0.1, 0.15) is 476 Å². The summed E-state index contributed by atoms with van der Waals surface area (Å²) in [5, 5.41) is 23.3. The second-order valence-corrected chi connectivity index (χ2v) is 28.5. The number of carbonyl (C=O) groups excluding carboxylic acids is 2. The van der Waals surface area contributed by atoms with Crippen LogP contribution in [-0.4, -0.2) is 47.4 Å². The molecule has 0 rings (SSSR count). The highest BCUT2D eigenvalue weighted by Gasteiger charge is 2.18. The highest BCUT2D eigenvalue weighted by Crippen LogP contribution is 2.21. The van der Waals surface area contributed by atoms with Crippen LogP contribution in [0.15, 0.2) is 12.2 Å². The molecule has 6 nitrogen and oxygen atoms in total. The Morgan fingerprint density at radius 2 is 0.523 bits per heavy atom. The van der Waals surface area contributed by atoms with Crippen molar-refractivity contribution in [3.63, 3.8) is 0 Å². The molecule has 0 aliphatic rings. The van der Waals surface area contributed by atoms with Crippen molar-refractivity contribution >= 4 is 11.9 Å². The van der Waals surface area contributed by atoms with Gasteiger partial charge in [-0.1, -0.05) is 443 Å². The van der Waals surface area contributed by atoms with Crippen LogP contribution in [0.25, 0.3) is 0 Å². The van der Waals surface area contributed by atoms with E-state index in [1.54, 1.807) is 6.08 Å². The first-order chi connectivity index (χ1) is 43.5. The van der Waals surface area contributed by atoms with Crippen LogP contribution in [0.3, 0.4) is 0 Å². The Morgan fingerprint density at radius 1 is 0.307 bits per heavy atom. The molecule has 88 heavy (non-hydrogen) atoms. The van der Waals surface area contributed by atoms with Gasteiger partial charge in [0.2, 0.25) is 5.91 Å². The molecule has 0 aromatic heterocycles. The first-order valence-corrected chi connectivity index (χ1v) is 41.0. The fourth-order valence-corrected chi connectivity index (χ4v) is 13.3. The van der Waals surface area contributed by atoms with Crippen molar-refractivity contribution in [3.05, 3.63) is 12.2 Å². The molecule has 0 bridgehead atoms. The smallest absolute Gasteiger partial charge is 0.305 e. The Balaban J connectivity index is 3.35. The van der Waals surface area contributed by atoms with Crippen LogP contribution < -0.4 is 5.32 Å². The van der Waals surface area contributed by atoms with Crippen LogP contribution in [0, 0.1) is 0 Å². The zero-order valence-corrected chi connectivity index (χ0v) is 60.3. The summed E-state index contributed by atoms with van der Waals surface area (Å²) in [7, 11) is 0. The zero-order chi connectivity index (χ0) is 63.5. The van der Waals surface area contributed by atoms with Gasteiger partial charge in [-0.15, -0.1) is 0 Å². The number of esters is 1. The minimum absolute atomic E-state index is 0.0244. The SMILES string of the molecule is CCCCCCCCCCCCCCCCCCCCCCCCC/C=C/C(O)C(CO)NC(=O)CCCCCCCCCCCCCCCCCCCCCCCCCCCCCCOC(=O)CCCCCCCCCCCCCCCCCCCC. The number of ether oxygens (including phenoxy) is 1. The van der Waals surface area contributed by atoms with E-state index < -0.39 is 12.1 Å². The van der Waals surface area contributed by atoms with E-state index in [-0.39, 0.29) is 18.5 Å². The molecule has 0 fully saturated rings. The number of aliphatic hydroxyl groups is 2. The zero-order valence-electron chi connectivity index (χ0n) is 60.3. The Hall–Kier alpha value is -1.40. The molecule has 1 amide bonds. The summed E-state index contributed by atoms with van der Waals surface area (Å²) in [6, 6.07) is -0.627. The standard InChI is InChI=1S/C82H161NO5/c1-3-5-7-9-11-13-15-17-19-21-23-24-25-30-33-36-39-42-46-50-54-58-62-66-70-74-80(85)79(78-84)83-81(86)75-71-67-63-59-55-51-47-43-40-37-34-31-28-26-27-29-32-35-38-41-45-49-53-57-61-65-69-73-77-88-82(87)76-72-68-64-60-56-52-48-44-22-20-18-16-14-12-10-8-6-4-2/h70,74,79-80,84-85H,3-69,71-73,75-78H2,1-2H3,(H,83,86)/b74-70+. The maximum atomic E-state index is 12.6. The van der Waals surface area contributed by atoms with Gasteiger partial charge in [0, 0.05) is 12.8 Å². The highest BCUT2D eigenvalue weighted by molar-refractivity contribution is 5.76. The predicted octanol–water partition coefficient (Wildman–Crippen LogP) is 27.1. The number of amides is 1. The van der Waals surface area contributed by atoms with Gasteiger partial charge in [-0.2, -0.15) is 0 Å². The Kier molecular flexibility index (Phi) is 76.8. The van der Waals surface area contributed by atoms with E-state index >= 15 is 0 Å². The lowest BCUT2D eigenvalue weighted by molar-refractivity contribution is -0.143. The van der Waals surface area contributed by atoms with Gasteiger partial charge in [0.05, 0.1) is 25.4 Å². The number of unbranched alkanes of at least 4 members (excludes halogenated alkanes) is 67. The van der Waals surface area contributed by atoms with E-state index in [1.165, 1.54) is 411 Å². The van der Waals surface area contributed by atoms with E-state index in [1.807, 2.05) is 6.08 Å². The maximum absolute atomic E-state index is 12.6. The Labute approximate surface area is 552 Å². The largest absolute Gasteiger partial charge is 0.466 e. The number of hydrogen-bond donors (Lipinski definition) is 3. The van der Waals surface area contributed by atoms with E-state index in [0.29, 0.717) is 19.4 Å². The average molecular weight is 1240 g/mol. The number of carbonyl (C=O) groups is 2. The van der Waals surface area contributed by atoms with Gasteiger partial charge in [0.1, 0.15) is 0 Å². The van der Waals surface area contributed by atoms with Gasteiger partial charge in [-0.25, -0.2) is 0 Å². The quantitative estimate of drug-likeness (QED) is 0.0320. The number of allylic oxidation sites excluding steroid dienone is 1. The van der Waals surface area contributed by atoms with E-state index in [9.17, 15) is 19.8 Å². The number of aliphatic hydroxyl groups excluding tert-OH is 2. The molecular formula is C82H161NO5. The molecule has 3 N–H and O–H groups in total. The summed E-state index contributed by atoms with van der Waals surface area (Å²) in [6.45, 7) is 4.97. The lowest BCUT2D eigenvalue weighted by atomic mass is 10.0. The molecule has 0 radical (unpaired) electrons. The summed E-state index contributed by atoms with van der Waals surface area (Å²) in [4.78, 5) is 24.7. The Morgan fingerprint density at radius 3 is 0.773 bits per heavy atom. The summed E-state index contributed by atoms with van der Waals surface area (Å²) >= 11 is 0. The minimum Gasteiger partial charge on any atom is -0.466 e. The number of rotatable bonds is 78. The maximum Gasteiger partial charge on any atom is 0.305 e. The van der Waals surface area contributed by atoms with Gasteiger partial charge >= 0.3 is 5.97 Å². The highest BCUT2D eigenvalue weighted by atomic mass is 16.5. The van der Waals surface area contributed by atoms with Crippen molar-refractivity contribution in [2.45, 2.75) is 488 Å². The summed E-state index contributed by atoms with van der Waals surface area (Å²) in [5.41, 5.74) is 0. The van der Waals surface area contributed by atoms with Crippen LogP contribution >= 0.6 is 0 Å². The molecule has 0 saturated heterocycles. The molecule has 524 valence electrons. The minimum atomic E-state index is -0.843. The molecule has 0 aromatic rings. The topological polar surface area (TPSA) is 95.9 Å². The monoisotopic (exact) mass is 1240 g/mol. The molecule has 6 heteroatoms. The third-order valence-corrected chi connectivity index (χ3v) is 19.6. The third kappa shape index (κ3) is 73.6. The van der Waals surface area contributed by atoms with Crippen LogP contribution in [-0.2, 0) is 14.3 Å². The average Bonchev–Trinajstić information content (AvgIpc) is 3.58. The van der Waals surface area contributed by atoms with Crippen molar-refractivity contribution in [3.8, 4) is 0 Å². The lowest BCUT2D eigenvalue weighted by Gasteiger charge is -2.20. The molecule has 2 unspecified atom stereocenters. The van der Waals surface area contributed by atoms with Gasteiger partial charge in [-0.05, 0) is 32.1 Å². The Bertz CT molecular complexity index is 1340. The van der Waals surface area contributed by atoms with Crippen LogP contribution in [0.2, 0.25) is 0 Å². The van der Waals surface area contributed by atoms with Crippen molar-refractivity contribution < 1.29 is 24.5 Å². The fraction of sp³-hybridized carbons (Fsp3) is 0.951. The summed E-state index contributed by atoms with van der Waals surface area (Å²) < 4.78 is 5.52. The van der Waals surface area contributed by atoms with Crippen molar-refractivity contribution in [1.29, 1.82) is 0 Å². The molecule has 0 aliphatic carbocycles. The molecule has 2 atom stereocenters. The lowest BCUT2D eigenvalue weighted by Crippen LogP contribution is -2.45. The molecular weight excluding hydrogens is 1080 g/mol. The molecule has 0 aliphatic heterocycles. The van der Waals surface area contributed by atoms with Gasteiger partial charge < -0.3 is 20.3 Å². The van der Waals surface area contributed by atoms with Crippen LogP contribution in [0.4, 0.5) is 0 Å². The molecule has 0 heterocycles. The predicted molar refractivity (Wildman–Crippen MR) is 389 cm³/mol. The molecule has 0 spiro atoms. The van der Waals surface area contributed by atoms with Crippen molar-refractivity contribution in [2.75, 3.05) is 13.2 Å². The van der Waals surface area contributed by atoms with Gasteiger partial charge in [0.15, 0.2) is 0 Å². The van der Waals surface area contributed by atoms with Crippen molar-refractivity contribution in [1.82, 2.24) is 5.32 Å². The van der Waals surface area contributed by atoms with Gasteiger partial charge in [-0.3, -0.25) is 9.59 Å². The first-order valence-electron chi connectivity index (χ1n) is 41.0. The first kappa shape index (κ1) is 86.6. The molecule has 0 saturated carbocycles. The van der Waals surface area contributed by atoms with Gasteiger partial charge in [0.25, 0.3) is 0 Å². The third-order valence-electron chi connectivity index (χ3n) is 19.6. The van der Waals surface area contributed by atoms with Crippen molar-refractivity contribution in [2.24, 2.45) is 0 Å². The van der Waals surface area contributed by atoms with E-state index in [4.69, 9.17) is 4.74 Å². The number of hydrogen-bond acceptors (Lipinski definition) is 5. The normalized spacial score (nSPS) is 12.5. The van der Waals surface area contributed by atoms with E-state index in [2.05, 4.69) is 19.2 Å². The second kappa shape index (κ2) is 78.0. The fourth-order valence-electron chi connectivity index (χ4n) is 13.3. The number of nitrogens with one attached hydrogen (secondary N) is 1. The summed E-state index contributed by atoms with van der Waals surface area (Å²) in [6.07, 6.45) is 99.1. The van der Waals surface area contributed by atoms with Crippen LogP contribution in [0.5, 0.6) is 0 Å². The molecule has 0 aromatic carbocycles. The van der Waals surface area contributed by atoms with E-state index in [0.717, 1.165) is 38.5 Å². The second-order valence-electron chi connectivity index (χ2n) is 28.5.